The number of para-hydroxylation sites is 1. The van der Waals surface area contributed by atoms with Gasteiger partial charge in [-0.05, 0) is 54.2 Å². The summed E-state index contributed by atoms with van der Waals surface area (Å²) in [5.41, 5.74) is 4.12. The van der Waals surface area contributed by atoms with Gasteiger partial charge in [-0.3, -0.25) is 14.5 Å². The molecule has 2 heterocycles. The van der Waals surface area contributed by atoms with Gasteiger partial charge in [-0.2, -0.15) is 18.3 Å². The number of alkyl halides is 3. The number of rotatable bonds is 5. The minimum atomic E-state index is -4.35. The van der Waals surface area contributed by atoms with Crippen molar-refractivity contribution in [3.05, 3.63) is 78.2 Å². The molecule has 0 saturated heterocycles. The molecule has 1 aliphatic carbocycles. The molecule has 0 aliphatic heterocycles. The summed E-state index contributed by atoms with van der Waals surface area (Å²) in [5, 5.41) is 7.44. The highest BCUT2D eigenvalue weighted by molar-refractivity contribution is 6.10. The second-order valence-electron chi connectivity index (χ2n) is 7.95. The molecular weight excluding hydrogens is 417 g/mol. The Morgan fingerprint density at radius 1 is 1.09 bits per heavy atom. The Hall–Kier alpha value is -3.68. The molecule has 5 rings (SSSR count). The number of amides is 1. The molecule has 1 amide bonds. The van der Waals surface area contributed by atoms with Crippen LogP contribution in [0.2, 0.25) is 0 Å². The largest absolute Gasteiger partial charge is 0.408 e. The predicted molar refractivity (Wildman–Crippen MR) is 115 cm³/mol. The molecule has 2 aromatic carbocycles. The molecule has 2 aromatic heterocycles. The van der Waals surface area contributed by atoms with Crippen LogP contribution < -0.4 is 5.32 Å². The second kappa shape index (κ2) is 7.78. The fourth-order valence-electron chi connectivity index (χ4n) is 3.82. The number of hydrogen-bond donors (Lipinski definition) is 1. The van der Waals surface area contributed by atoms with Crippen LogP contribution in [0.25, 0.3) is 22.0 Å². The van der Waals surface area contributed by atoms with Crippen molar-refractivity contribution >= 4 is 22.5 Å². The van der Waals surface area contributed by atoms with Crippen molar-refractivity contribution < 1.29 is 18.0 Å². The minimum Gasteiger partial charge on any atom is -0.320 e. The number of nitrogens with zero attached hydrogens (tertiary/aromatic N) is 3. The zero-order valence-corrected chi connectivity index (χ0v) is 16.9. The normalized spacial score (nSPS) is 14.0. The van der Waals surface area contributed by atoms with Crippen LogP contribution in [0.15, 0.2) is 67.1 Å². The summed E-state index contributed by atoms with van der Waals surface area (Å²) in [4.78, 5) is 17.2. The highest BCUT2D eigenvalue weighted by Crippen LogP contribution is 2.40. The number of carbonyl (C=O) groups is 1. The Morgan fingerprint density at radius 2 is 1.88 bits per heavy atom. The molecule has 0 unspecified atom stereocenters. The molecule has 1 aliphatic rings. The zero-order chi connectivity index (χ0) is 22.3. The van der Waals surface area contributed by atoms with Crippen LogP contribution in [0.3, 0.4) is 0 Å². The van der Waals surface area contributed by atoms with Gasteiger partial charge in [-0.15, -0.1) is 0 Å². The maximum absolute atomic E-state index is 12.8. The number of nitrogens with one attached hydrogen (secondary N) is 1. The summed E-state index contributed by atoms with van der Waals surface area (Å²) in [6.45, 7) is -1.16. The molecule has 162 valence electrons. The molecule has 0 atom stereocenters. The third kappa shape index (κ3) is 4.21. The van der Waals surface area contributed by atoms with E-state index in [0.717, 1.165) is 4.68 Å². The Kier molecular flexibility index (Phi) is 4.92. The summed E-state index contributed by atoms with van der Waals surface area (Å²) in [7, 11) is 0. The molecule has 1 saturated carbocycles. The van der Waals surface area contributed by atoms with E-state index in [-0.39, 0.29) is 5.91 Å². The number of carbonyl (C=O) groups excluding carboxylic acids is 1. The minimum absolute atomic E-state index is 0.245. The van der Waals surface area contributed by atoms with E-state index >= 15 is 0 Å². The summed E-state index contributed by atoms with van der Waals surface area (Å²) >= 11 is 0. The van der Waals surface area contributed by atoms with E-state index in [1.807, 2.05) is 30.3 Å². The first-order chi connectivity index (χ1) is 15.4. The Balaban J connectivity index is 1.43. The van der Waals surface area contributed by atoms with Crippen molar-refractivity contribution in [2.75, 3.05) is 5.32 Å². The lowest BCUT2D eigenvalue weighted by Crippen LogP contribution is -2.17. The van der Waals surface area contributed by atoms with Crippen molar-refractivity contribution in [3.8, 4) is 11.1 Å². The van der Waals surface area contributed by atoms with Crippen LogP contribution in [-0.2, 0) is 6.54 Å². The summed E-state index contributed by atoms with van der Waals surface area (Å²) in [6.07, 6.45) is 2.37. The molecule has 1 fully saturated rings. The molecule has 0 spiro atoms. The third-order valence-electron chi connectivity index (χ3n) is 5.53. The first-order valence-electron chi connectivity index (χ1n) is 10.3. The van der Waals surface area contributed by atoms with Crippen LogP contribution >= 0.6 is 0 Å². The number of anilines is 1. The molecular formula is C24H19F3N4O. The van der Waals surface area contributed by atoms with Gasteiger partial charge < -0.3 is 5.32 Å². The monoisotopic (exact) mass is 436 g/mol. The molecule has 0 radical (unpaired) electrons. The van der Waals surface area contributed by atoms with Gasteiger partial charge in [0, 0.05) is 28.9 Å². The van der Waals surface area contributed by atoms with E-state index in [0.29, 0.717) is 39.2 Å². The second-order valence-corrected chi connectivity index (χ2v) is 7.95. The van der Waals surface area contributed by atoms with Crippen molar-refractivity contribution in [1.29, 1.82) is 0 Å². The average Bonchev–Trinajstić information content (AvgIpc) is 3.52. The SMILES string of the molecule is O=C(Nc1cccc2c(-c3cnn(CC(F)(F)F)c3)ccnc12)c1ccc(C2CC2)cc1. The lowest BCUT2D eigenvalue weighted by molar-refractivity contribution is -0.142. The quantitative estimate of drug-likeness (QED) is 0.431. The lowest BCUT2D eigenvalue weighted by Gasteiger charge is -2.11. The number of aromatic nitrogens is 3. The van der Waals surface area contributed by atoms with Crippen LogP contribution in [0.5, 0.6) is 0 Å². The van der Waals surface area contributed by atoms with Gasteiger partial charge >= 0.3 is 6.18 Å². The van der Waals surface area contributed by atoms with Crippen LogP contribution in [0.1, 0.15) is 34.7 Å². The Labute approximate surface area is 181 Å². The van der Waals surface area contributed by atoms with E-state index < -0.39 is 12.7 Å². The number of benzene rings is 2. The van der Waals surface area contributed by atoms with Gasteiger partial charge in [0.2, 0.25) is 0 Å². The summed E-state index contributed by atoms with van der Waals surface area (Å²) in [5.74, 6) is 0.373. The first-order valence-corrected chi connectivity index (χ1v) is 10.3. The van der Waals surface area contributed by atoms with Crippen LogP contribution in [0.4, 0.5) is 18.9 Å². The van der Waals surface area contributed by atoms with E-state index in [1.165, 1.54) is 30.8 Å². The molecule has 8 heteroatoms. The maximum Gasteiger partial charge on any atom is 0.408 e. The van der Waals surface area contributed by atoms with E-state index in [4.69, 9.17) is 0 Å². The van der Waals surface area contributed by atoms with Gasteiger partial charge in [0.05, 0.1) is 17.4 Å². The van der Waals surface area contributed by atoms with Crippen molar-refractivity contribution in [3.63, 3.8) is 0 Å². The lowest BCUT2D eigenvalue weighted by atomic mass is 10.0. The van der Waals surface area contributed by atoms with E-state index in [1.54, 1.807) is 24.4 Å². The zero-order valence-electron chi connectivity index (χ0n) is 16.9. The van der Waals surface area contributed by atoms with E-state index in [9.17, 15) is 18.0 Å². The topological polar surface area (TPSA) is 59.8 Å². The molecule has 5 nitrogen and oxygen atoms in total. The van der Waals surface area contributed by atoms with Gasteiger partial charge in [0.25, 0.3) is 5.91 Å². The van der Waals surface area contributed by atoms with Crippen molar-refractivity contribution in [1.82, 2.24) is 14.8 Å². The molecule has 1 N–H and O–H groups in total. The number of pyridine rings is 1. The molecule has 0 bridgehead atoms. The molecule has 4 aromatic rings. The standard InChI is InChI=1S/C24H19F3N4O/c25-24(26,27)14-31-13-18(12-29-31)19-10-11-28-22-20(19)2-1-3-21(22)30-23(32)17-8-6-16(7-9-17)15-4-5-15/h1-3,6-13,15H,4-5,14H2,(H,30,32). The Bertz CT molecular complexity index is 1290. The molecule has 32 heavy (non-hydrogen) atoms. The van der Waals surface area contributed by atoms with Crippen LogP contribution in [0, 0.1) is 0 Å². The average molecular weight is 436 g/mol. The summed E-state index contributed by atoms with van der Waals surface area (Å²) < 4.78 is 38.9. The first kappa shape index (κ1) is 20.2. The third-order valence-corrected chi connectivity index (χ3v) is 5.53. The van der Waals surface area contributed by atoms with Gasteiger partial charge in [-0.25, -0.2) is 0 Å². The van der Waals surface area contributed by atoms with Crippen molar-refractivity contribution in [2.45, 2.75) is 31.5 Å². The number of halogens is 3. The van der Waals surface area contributed by atoms with Gasteiger partial charge in [0.15, 0.2) is 0 Å². The van der Waals surface area contributed by atoms with Crippen LogP contribution in [-0.4, -0.2) is 26.8 Å². The predicted octanol–water partition coefficient (Wildman–Crippen LogP) is 5.79. The highest BCUT2D eigenvalue weighted by Gasteiger charge is 2.28. The van der Waals surface area contributed by atoms with Gasteiger partial charge in [0.1, 0.15) is 6.54 Å². The fourth-order valence-corrected chi connectivity index (χ4v) is 3.82. The van der Waals surface area contributed by atoms with Crippen molar-refractivity contribution in [2.24, 2.45) is 0 Å². The van der Waals surface area contributed by atoms with E-state index in [2.05, 4.69) is 15.4 Å². The fraction of sp³-hybridized carbons (Fsp3) is 0.208. The summed E-state index contributed by atoms with van der Waals surface area (Å²) in [6, 6.07) is 14.7. The smallest absolute Gasteiger partial charge is 0.320 e. The Morgan fingerprint density at radius 3 is 2.59 bits per heavy atom. The number of hydrogen-bond acceptors (Lipinski definition) is 3. The van der Waals surface area contributed by atoms with Gasteiger partial charge in [-0.1, -0.05) is 24.3 Å². The maximum atomic E-state index is 12.8. The number of fused-ring (bicyclic) bond motifs is 1. The highest BCUT2D eigenvalue weighted by atomic mass is 19.4.